The fourth-order valence-electron chi connectivity index (χ4n) is 0.813. The number of hydrogen-bond donors (Lipinski definition) is 1. The summed E-state index contributed by atoms with van der Waals surface area (Å²) < 4.78 is 46.1. The van der Waals surface area contributed by atoms with Gasteiger partial charge in [-0.05, 0) is 6.07 Å². The van der Waals surface area contributed by atoms with Crippen molar-refractivity contribution in [2.75, 3.05) is 0 Å². The molecule has 1 aromatic rings. The van der Waals surface area contributed by atoms with Crippen molar-refractivity contribution >= 4 is 21.6 Å². The molecule has 0 amide bonds. The molecule has 0 atom stereocenters. The van der Waals surface area contributed by atoms with Crippen molar-refractivity contribution < 1.29 is 17.2 Å². The minimum Gasteiger partial charge on any atom is -0.254 e. The fraction of sp³-hybridized carbons (Fsp3) is 0.167. The molecular formula is C6H5ClF2N2O2S. The Morgan fingerprint density at radius 1 is 1.50 bits per heavy atom. The summed E-state index contributed by atoms with van der Waals surface area (Å²) in [5, 5.41) is 4.11. The first-order valence-corrected chi connectivity index (χ1v) is 5.22. The van der Waals surface area contributed by atoms with E-state index in [-0.39, 0.29) is 0 Å². The number of alkyl halides is 2. The van der Waals surface area contributed by atoms with E-state index in [4.69, 9.17) is 16.7 Å². The van der Waals surface area contributed by atoms with Gasteiger partial charge in [-0.2, -0.15) is 0 Å². The Labute approximate surface area is 83.8 Å². The molecule has 4 nitrogen and oxygen atoms in total. The van der Waals surface area contributed by atoms with Gasteiger partial charge in [0.05, 0.1) is 5.02 Å². The first-order chi connectivity index (χ1) is 6.34. The Kier molecular flexibility index (Phi) is 3.03. The summed E-state index contributed by atoms with van der Waals surface area (Å²) in [6, 6.07) is 0.962. The van der Waals surface area contributed by atoms with E-state index in [9.17, 15) is 17.2 Å². The molecule has 0 saturated heterocycles. The predicted octanol–water partition coefficient (Wildman–Crippen LogP) is 1.32. The molecule has 8 heteroatoms. The van der Waals surface area contributed by atoms with Gasteiger partial charge < -0.3 is 0 Å². The molecule has 0 fully saturated rings. The number of nitrogens with two attached hydrogens (primary N) is 1. The lowest BCUT2D eigenvalue weighted by Gasteiger charge is -2.05. The SMILES string of the molecule is NS(=O)(=O)c1ccnc(C(F)F)c1Cl. The van der Waals surface area contributed by atoms with Gasteiger partial charge in [-0.3, -0.25) is 4.98 Å². The lowest BCUT2D eigenvalue weighted by molar-refractivity contribution is 0.146. The van der Waals surface area contributed by atoms with Gasteiger partial charge in [-0.25, -0.2) is 22.3 Å². The van der Waals surface area contributed by atoms with Gasteiger partial charge in [-0.15, -0.1) is 0 Å². The summed E-state index contributed by atoms with van der Waals surface area (Å²) in [5.41, 5.74) is -0.793. The molecule has 0 radical (unpaired) electrons. The molecule has 2 N–H and O–H groups in total. The van der Waals surface area contributed by atoms with E-state index in [0.717, 1.165) is 12.3 Å². The van der Waals surface area contributed by atoms with E-state index in [1.165, 1.54) is 0 Å². The molecule has 0 aromatic carbocycles. The molecule has 78 valence electrons. The lowest BCUT2D eigenvalue weighted by Crippen LogP contribution is -2.13. The van der Waals surface area contributed by atoms with Crippen molar-refractivity contribution in [3.8, 4) is 0 Å². The number of rotatable bonds is 2. The van der Waals surface area contributed by atoms with Crippen LogP contribution in [0, 0.1) is 0 Å². The smallest absolute Gasteiger partial charge is 0.254 e. The number of aromatic nitrogens is 1. The van der Waals surface area contributed by atoms with Crippen LogP contribution in [-0.2, 0) is 10.0 Å². The molecule has 1 aromatic heterocycles. The Bertz CT molecular complexity index is 449. The van der Waals surface area contributed by atoms with Gasteiger partial charge in [-0.1, -0.05) is 11.6 Å². The summed E-state index contributed by atoms with van der Waals surface area (Å²) in [7, 11) is -4.09. The zero-order valence-electron chi connectivity index (χ0n) is 6.62. The van der Waals surface area contributed by atoms with E-state index in [1.54, 1.807) is 0 Å². The number of sulfonamides is 1. The maximum absolute atomic E-state index is 12.2. The van der Waals surface area contributed by atoms with Crippen molar-refractivity contribution in [2.45, 2.75) is 11.3 Å². The van der Waals surface area contributed by atoms with Crippen LogP contribution in [0.3, 0.4) is 0 Å². The van der Waals surface area contributed by atoms with Crippen LogP contribution in [0.25, 0.3) is 0 Å². The van der Waals surface area contributed by atoms with Crippen LogP contribution in [0.2, 0.25) is 5.02 Å². The molecule has 1 rings (SSSR count). The van der Waals surface area contributed by atoms with Crippen LogP contribution < -0.4 is 5.14 Å². The molecule has 0 saturated carbocycles. The minimum atomic E-state index is -4.09. The Balaban J connectivity index is 3.43. The van der Waals surface area contributed by atoms with Crippen LogP contribution in [-0.4, -0.2) is 13.4 Å². The number of hydrogen-bond acceptors (Lipinski definition) is 3. The third kappa shape index (κ3) is 2.17. The van der Waals surface area contributed by atoms with E-state index in [1.807, 2.05) is 0 Å². The van der Waals surface area contributed by atoms with Gasteiger partial charge in [0.2, 0.25) is 10.0 Å². The van der Waals surface area contributed by atoms with E-state index in [0.29, 0.717) is 0 Å². The normalized spacial score (nSPS) is 12.1. The quantitative estimate of drug-likeness (QED) is 0.850. The topological polar surface area (TPSA) is 73.1 Å². The number of halogens is 3. The van der Waals surface area contributed by atoms with Crippen LogP contribution in [0.4, 0.5) is 8.78 Å². The highest BCUT2D eigenvalue weighted by Gasteiger charge is 2.21. The first-order valence-electron chi connectivity index (χ1n) is 3.29. The molecule has 0 unspecified atom stereocenters. The maximum atomic E-state index is 12.2. The van der Waals surface area contributed by atoms with Crippen LogP contribution >= 0.6 is 11.6 Å². The second-order valence-corrected chi connectivity index (χ2v) is 4.26. The third-order valence-corrected chi connectivity index (χ3v) is 2.86. The number of pyridine rings is 1. The van der Waals surface area contributed by atoms with E-state index in [2.05, 4.69) is 4.98 Å². The van der Waals surface area contributed by atoms with Gasteiger partial charge in [0.1, 0.15) is 10.6 Å². The highest BCUT2D eigenvalue weighted by molar-refractivity contribution is 7.89. The van der Waals surface area contributed by atoms with Crippen LogP contribution in [0.15, 0.2) is 17.2 Å². The number of nitrogens with zero attached hydrogens (tertiary/aromatic N) is 1. The second-order valence-electron chi connectivity index (χ2n) is 2.35. The molecule has 0 aliphatic rings. The van der Waals surface area contributed by atoms with Crippen LogP contribution in [0.1, 0.15) is 12.1 Å². The van der Waals surface area contributed by atoms with Gasteiger partial charge in [0.15, 0.2) is 0 Å². The summed E-state index contributed by atoms with van der Waals surface area (Å²) >= 11 is 5.39. The zero-order valence-corrected chi connectivity index (χ0v) is 8.19. The lowest BCUT2D eigenvalue weighted by atomic mass is 10.3. The van der Waals surface area contributed by atoms with E-state index >= 15 is 0 Å². The van der Waals surface area contributed by atoms with E-state index < -0.39 is 32.1 Å². The average Bonchev–Trinajstić information content (AvgIpc) is 2.01. The molecular weight excluding hydrogens is 238 g/mol. The van der Waals surface area contributed by atoms with Crippen LogP contribution in [0.5, 0.6) is 0 Å². The standard InChI is InChI=1S/C6H5ClF2N2O2S/c7-4-3(14(10,12)13)1-2-11-5(4)6(8)9/h1-2,6H,(H2,10,12,13). The molecule has 1 heterocycles. The monoisotopic (exact) mass is 242 g/mol. The molecule has 0 aliphatic heterocycles. The highest BCUT2D eigenvalue weighted by atomic mass is 35.5. The summed E-state index contributed by atoms with van der Waals surface area (Å²) in [5.74, 6) is 0. The van der Waals surface area contributed by atoms with Crippen molar-refractivity contribution in [2.24, 2.45) is 5.14 Å². The Hall–Kier alpha value is -0.790. The average molecular weight is 243 g/mol. The van der Waals surface area contributed by atoms with Gasteiger partial charge in [0.25, 0.3) is 6.43 Å². The predicted molar refractivity (Wildman–Crippen MR) is 45.6 cm³/mol. The maximum Gasteiger partial charge on any atom is 0.281 e. The van der Waals surface area contributed by atoms with Gasteiger partial charge in [0, 0.05) is 6.20 Å². The van der Waals surface area contributed by atoms with Crippen molar-refractivity contribution in [3.63, 3.8) is 0 Å². The molecule has 0 bridgehead atoms. The number of primary sulfonamides is 1. The summed E-state index contributed by atoms with van der Waals surface area (Å²) in [4.78, 5) is 2.70. The van der Waals surface area contributed by atoms with Crippen molar-refractivity contribution in [3.05, 3.63) is 23.0 Å². The largest absolute Gasteiger partial charge is 0.281 e. The van der Waals surface area contributed by atoms with Gasteiger partial charge >= 0.3 is 0 Å². The summed E-state index contributed by atoms with van der Waals surface area (Å²) in [6.07, 6.45) is -2.03. The first kappa shape index (κ1) is 11.3. The molecule has 0 aliphatic carbocycles. The van der Waals surface area contributed by atoms with Crippen molar-refractivity contribution in [1.82, 2.24) is 4.98 Å². The minimum absolute atomic E-state index is 0.551. The molecule has 0 spiro atoms. The highest BCUT2D eigenvalue weighted by Crippen LogP contribution is 2.29. The fourth-order valence-corrected chi connectivity index (χ4v) is 1.93. The molecule has 14 heavy (non-hydrogen) atoms. The van der Waals surface area contributed by atoms with Crippen molar-refractivity contribution in [1.29, 1.82) is 0 Å². The summed E-state index contributed by atoms with van der Waals surface area (Å²) in [6.45, 7) is 0. The Morgan fingerprint density at radius 3 is 2.50 bits per heavy atom. The Morgan fingerprint density at radius 2 is 2.07 bits per heavy atom. The third-order valence-electron chi connectivity index (χ3n) is 1.39. The second kappa shape index (κ2) is 3.76. The zero-order chi connectivity index (χ0) is 10.9.